The molecule has 0 aromatic carbocycles. The largest absolute Gasteiger partial charge is 0.464 e. The van der Waals surface area contributed by atoms with Gasteiger partial charge in [-0.15, -0.1) is 0 Å². The number of Topliss-reactive ketones (excluding diaryl/α,β-unsaturated/α-hetero) is 1. The Balaban J connectivity index is 1.95. The van der Waals surface area contributed by atoms with Crippen LogP contribution < -0.4 is 5.32 Å². The second-order valence-electron chi connectivity index (χ2n) is 6.37. The fourth-order valence-corrected chi connectivity index (χ4v) is 2.77. The summed E-state index contributed by atoms with van der Waals surface area (Å²) in [6.45, 7) is 2.56. The normalized spacial score (nSPS) is 17.1. The molecular formula is C18H31NO4. The summed E-state index contributed by atoms with van der Waals surface area (Å²) < 4.78 is 4.77. The predicted molar refractivity (Wildman–Crippen MR) is 89.0 cm³/mol. The van der Waals surface area contributed by atoms with Gasteiger partial charge in [0.2, 0.25) is 5.91 Å². The van der Waals surface area contributed by atoms with Crippen LogP contribution in [-0.2, 0) is 19.1 Å². The topological polar surface area (TPSA) is 72.5 Å². The Hall–Kier alpha value is -1.39. The molecule has 0 unspecified atom stereocenters. The van der Waals surface area contributed by atoms with Crippen molar-refractivity contribution in [2.75, 3.05) is 6.61 Å². The molecule has 5 nitrogen and oxygen atoms in total. The van der Waals surface area contributed by atoms with Crippen molar-refractivity contribution in [1.82, 2.24) is 5.32 Å². The second kappa shape index (κ2) is 12.1. The summed E-state index contributed by atoms with van der Waals surface area (Å²) in [6, 6.07) is -0.567. The molecule has 0 aliphatic carbocycles. The maximum atomic E-state index is 11.7. The van der Waals surface area contributed by atoms with Gasteiger partial charge in [0.25, 0.3) is 0 Å². The molecule has 0 bridgehead atoms. The van der Waals surface area contributed by atoms with Crippen LogP contribution in [0.2, 0.25) is 0 Å². The molecule has 1 aliphatic heterocycles. The molecule has 1 aliphatic rings. The number of hydrogen-bond acceptors (Lipinski definition) is 4. The standard InChI is InChI=1S/C18H31NO4/c1-2-3-4-5-6-7-8-9-10-11-15(20)14-17(21)19-16-12-13-23-18(16)22/h16H,2-14H2,1H3,(H,19,21)/t16-/m1/s1. The fourth-order valence-electron chi connectivity index (χ4n) is 2.77. The number of unbranched alkanes of at least 4 members (excludes halogenated alkanes) is 8. The average Bonchev–Trinajstić information content (AvgIpc) is 2.90. The van der Waals surface area contributed by atoms with Gasteiger partial charge in [-0.1, -0.05) is 58.3 Å². The van der Waals surface area contributed by atoms with Gasteiger partial charge in [-0.05, 0) is 6.42 Å². The number of ketones is 1. The molecule has 1 saturated heterocycles. The number of hydrogen-bond donors (Lipinski definition) is 1. The van der Waals surface area contributed by atoms with Crippen molar-refractivity contribution < 1.29 is 19.1 Å². The van der Waals surface area contributed by atoms with Gasteiger partial charge in [0.15, 0.2) is 0 Å². The van der Waals surface area contributed by atoms with E-state index in [9.17, 15) is 14.4 Å². The number of amides is 1. The van der Waals surface area contributed by atoms with Crippen molar-refractivity contribution in [2.24, 2.45) is 0 Å². The van der Waals surface area contributed by atoms with Crippen molar-refractivity contribution in [3.8, 4) is 0 Å². The molecule has 5 heteroatoms. The number of nitrogens with one attached hydrogen (secondary N) is 1. The summed E-state index contributed by atoms with van der Waals surface area (Å²) in [5.74, 6) is -0.809. The summed E-state index contributed by atoms with van der Waals surface area (Å²) in [7, 11) is 0. The summed E-state index contributed by atoms with van der Waals surface area (Å²) in [5.41, 5.74) is 0. The number of esters is 1. The van der Waals surface area contributed by atoms with E-state index in [0.717, 1.165) is 12.8 Å². The highest BCUT2D eigenvalue weighted by molar-refractivity contribution is 5.99. The Labute approximate surface area is 139 Å². The van der Waals surface area contributed by atoms with Crippen LogP contribution >= 0.6 is 0 Å². The van der Waals surface area contributed by atoms with Crippen molar-refractivity contribution >= 4 is 17.7 Å². The van der Waals surface area contributed by atoms with Crippen molar-refractivity contribution in [3.05, 3.63) is 0 Å². The molecule has 1 N–H and O–H groups in total. The van der Waals surface area contributed by atoms with Gasteiger partial charge < -0.3 is 10.1 Å². The number of carbonyl (C=O) groups excluding carboxylic acids is 3. The highest BCUT2D eigenvalue weighted by Gasteiger charge is 2.28. The van der Waals surface area contributed by atoms with Crippen LogP contribution in [0.5, 0.6) is 0 Å². The first-order chi connectivity index (χ1) is 11.1. The predicted octanol–water partition coefficient (Wildman–Crippen LogP) is 3.30. The minimum atomic E-state index is -0.567. The highest BCUT2D eigenvalue weighted by Crippen LogP contribution is 2.11. The first-order valence-electron chi connectivity index (χ1n) is 9.11. The third kappa shape index (κ3) is 9.36. The summed E-state index contributed by atoms with van der Waals surface area (Å²) in [4.78, 5) is 34.6. The van der Waals surface area contributed by atoms with Crippen LogP contribution in [0, 0.1) is 0 Å². The van der Waals surface area contributed by atoms with E-state index in [4.69, 9.17) is 4.74 Å². The van der Waals surface area contributed by atoms with Crippen LogP contribution in [0.25, 0.3) is 0 Å². The minimum absolute atomic E-state index is 0.0446. The number of carbonyl (C=O) groups is 3. The van der Waals surface area contributed by atoms with Gasteiger partial charge in [0.1, 0.15) is 11.8 Å². The molecule has 1 amide bonds. The minimum Gasteiger partial charge on any atom is -0.464 e. The van der Waals surface area contributed by atoms with Gasteiger partial charge in [0.05, 0.1) is 13.0 Å². The van der Waals surface area contributed by atoms with E-state index in [0.29, 0.717) is 19.4 Å². The molecule has 1 heterocycles. The highest BCUT2D eigenvalue weighted by atomic mass is 16.5. The molecule has 1 rings (SSSR count). The smallest absolute Gasteiger partial charge is 0.328 e. The van der Waals surface area contributed by atoms with Gasteiger partial charge in [0, 0.05) is 12.8 Å². The van der Waals surface area contributed by atoms with E-state index in [1.807, 2.05) is 0 Å². The first-order valence-corrected chi connectivity index (χ1v) is 9.11. The maximum absolute atomic E-state index is 11.7. The quantitative estimate of drug-likeness (QED) is 0.320. The molecule has 1 atom stereocenters. The number of rotatable bonds is 13. The lowest BCUT2D eigenvalue weighted by Crippen LogP contribution is -2.38. The average molecular weight is 325 g/mol. The van der Waals surface area contributed by atoms with E-state index >= 15 is 0 Å². The Morgan fingerprint density at radius 3 is 2.22 bits per heavy atom. The van der Waals surface area contributed by atoms with Gasteiger partial charge in [-0.2, -0.15) is 0 Å². The van der Waals surface area contributed by atoms with Crippen molar-refractivity contribution in [3.63, 3.8) is 0 Å². The molecule has 1 fully saturated rings. The molecule has 0 radical (unpaired) electrons. The zero-order valence-electron chi connectivity index (χ0n) is 14.4. The molecule has 0 saturated carbocycles. The van der Waals surface area contributed by atoms with Crippen LogP contribution in [0.1, 0.15) is 84.0 Å². The van der Waals surface area contributed by atoms with Gasteiger partial charge >= 0.3 is 5.97 Å². The van der Waals surface area contributed by atoms with Gasteiger partial charge in [-0.25, -0.2) is 4.79 Å². The third-order valence-electron chi connectivity index (χ3n) is 4.19. The van der Waals surface area contributed by atoms with E-state index < -0.39 is 12.0 Å². The first kappa shape index (κ1) is 19.7. The molecule has 0 aromatic heterocycles. The van der Waals surface area contributed by atoms with E-state index in [1.165, 1.54) is 44.9 Å². The van der Waals surface area contributed by atoms with E-state index in [2.05, 4.69) is 12.2 Å². The maximum Gasteiger partial charge on any atom is 0.328 e. The fraction of sp³-hybridized carbons (Fsp3) is 0.833. The summed E-state index contributed by atoms with van der Waals surface area (Å²) in [6.07, 6.45) is 11.7. The lowest BCUT2D eigenvalue weighted by atomic mass is 10.0. The molecular weight excluding hydrogens is 294 g/mol. The van der Waals surface area contributed by atoms with E-state index in [1.54, 1.807) is 0 Å². The second-order valence-corrected chi connectivity index (χ2v) is 6.37. The molecule has 0 aromatic rings. The van der Waals surface area contributed by atoms with Crippen molar-refractivity contribution in [2.45, 2.75) is 90.0 Å². The third-order valence-corrected chi connectivity index (χ3v) is 4.19. The number of ether oxygens (including phenoxy) is 1. The molecule has 23 heavy (non-hydrogen) atoms. The Morgan fingerprint density at radius 1 is 1.04 bits per heavy atom. The van der Waals surface area contributed by atoms with Gasteiger partial charge in [-0.3, -0.25) is 9.59 Å². The Kier molecular flexibility index (Phi) is 10.3. The van der Waals surface area contributed by atoms with Crippen LogP contribution in [0.3, 0.4) is 0 Å². The van der Waals surface area contributed by atoms with Crippen LogP contribution in [0.4, 0.5) is 0 Å². The SMILES string of the molecule is CCCCCCCCCCCC(=O)CC(=O)N[C@@H]1CCOC1=O. The zero-order chi connectivity index (χ0) is 16.9. The number of cyclic esters (lactones) is 1. The van der Waals surface area contributed by atoms with Crippen LogP contribution in [0.15, 0.2) is 0 Å². The summed E-state index contributed by atoms with van der Waals surface area (Å²) in [5, 5.41) is 2.56. The zero-order valence-corrected chi connectivity index (χ0v) is 14.4. The lowest BCUT2D eigenvalue weighted by molar-refractivity contribution is -0.142. The molecule has 0 spiro atoms. The van der Waals surface area contributed by atoms with Crippen molar-refractivity contribution in [1.29, 1.82) is 0 Å². The monoisotopic (exact) mass is 325 g/mol. The summed E-state index contributed by atoms with van der Waals surface area (Å²) >= 11 is 0. The Morgan fingerprint density at radius 2 is 1.65 bits per heavy atom. The van der Waals surface area contributed by atoms with Crippen LogP contribution in [-0.4, -0.2) is 30.3 Å². The lowest BCUT2D eigenvalue weighted by Gasteiger charge is -2.08. The molecule has 132 valence electrons. The Bertz CT molecular complexity index is 381. The van der Waals surface area contributed by atoms with E-state index in [-0.39, 0.29) is 18.1 Å².